The summed E-state index contributed by atoms with van der Waals surface area (Å²) < 4.78 is 7.23. The Kier molecular flexibility index (Phi) is 6.30. The molecule has 2 heterocycles. The number of esters is 1. The molecule has 0 unspecified atom stereocenters. The summed E-state index contributed by atoms with van der Waals surface area (Å²) in [7, 11) is 1.29. The summed E-state index contributed by atoms with van der Waals surface area (Å²) in [6.45, 7) is 5.61. The number of aryl methyl sites for hydroxylation is 1. The Morgan fingerprint density at radius 2 is 2.03 bits per heavy atom. The molecule has 2 aromatic rings. The minimum absolute atomic E-state index is 0.0795. The van der Waals surface area contributed by atoms with Crippen molar-refractivity contribution < 1.29 is 14.3 Å². The van der Waals surface area contributed by atoms with Crippen molar-refractivity contribution in [3.05, 3.63) is 47.8 Å². The second-order valence-electron chi connectivity index (χ2n) is 8.32. The van der Waals surface area contributed by atoms with E-state index in [4.69, 9.17) is 10.5 Å². The monoisotopic (exact) mass is 433 g/mol. The fourth-order valence-corrected chi connectivity index (χ4v) is 4.77. The Morgan fingerprint density at radius 1 is 1.33 bits per heavy atom. The lowest BCUT2D eigenvalue weighted by Crippen LogP contribution is -2.43. The first kappa shape index (κ1) is 22.0. The van der Waals surface area contributed by atoms with E-state index in [0.29, 0.717) is 10.8 Å². The first-order chi connectivity index (χ1) is 14.1. The van der Waals surface area contributed by atoms with Crippen molar-refractivity contribution in [2.75, 3.05) is 12.3 Å². The highest BCUT2D eigenvalue weighted by atomic mass is 32.1. The smallest absolute Gasteiger partial charge is 0.348 e. The van der Waals surface area contributed by atoms with E-state index in [1.54, 1.807) is 0 Å². The molecule has 8 nitrogen and oxygen atoms in total. The number of nitrogens with zero attached hydrogens (tertiary/aromatic N) is 2. The van der Waals surface area contributed by atoms with Crippen molar-refractivity contribution in [2.24, 2.45) is 18.9 Å². The fourth-order valence-electron chi connectivity index (χ4n) is 3.67. The van der Waals surface area contributed by atoms with Gasteiger partial charge in [-0.2, -0.15) is 0 Å². The molecular formula is C21H27N3O5S. The highest BCUT2D eigenvalue weighted by molar-refractivity contribution is 7.14. The molecule has 2 aromatic heterocycles. The number of thiophene rings is 1. The summed E-state index contributed by atoms with van der Waals surface area (Å²) in [5, 5.41) is 0. The van der Waals surface area contributed by atoms with E-state index in [2.05, 4.69) is 6.92 Å². The maximum absolute atomic E-state index is 12.7. The fraction of sp³-hybridized carbons (Fsp3) is 0.524. The predicted molar refractivity (Wildman–Crippen MR) is 115 cm³/mol. The Labute approximate surface area is 178 Å². The normalized spacial score (nSPS) is 15.8. The lowest BCUT2D eigenvalue weighted by atomic mass is 9.90. The van der Waals surface area contributed by atoms with E-state index >= 15 is 0 Å². The minimum Gasteiger partial charge on any atom is -0.453 e. The number of ketones is 1. The summed E-state index contributed by atoms with van der Waals surface area (Å²) in [6.07, 6.45) is 2.97. The van der Waals surface area contributed by atoms with Gasteiger partial charge >= 0.3 is 11.7 Å². The first-order valence-electron chi connectivity index (χ1n) is 10.0. The molecule has 0 saturated heterocycles. The van der Waals surface area contributed by atoms with Crippen molar-refractivity contribution >= 4 is 28.9 Å². The van der Waals surface area contributed by atoms with E-state index in [1.807, 2.05) is 19.9 Å². The predicted octanol–water partition coefficient (Wildman–Crippen LogP) is 2.01. The molecule has 0 bridgehead atoms. The van der Waals surface area contributed by atoms with Gasteiger partial charge in [0, 0.05) is 18.5 Å². The van der Waals surface area contributed by atoms with Crippen LogP contribution in [0.15, 0.2) is 15.7 Å². The van der Waals surface area contributed by atoms with Gasteiger partial charge in [-0.3, -0.25) is 18.7 Å². The number of carbonyl (C=O) groups is 2. The van der Waals surface area contributed by atoms with Crippen LogP contribution >= 0.6 is 11.3 Å². The second kappa shape index (κ2) is 8.59. The summed E-state index contributed by atoms with van der Waals surface area (Å²) >= 11 is 1.39. The molecule has 1 aliphatic rings. The molecule has 0 radical (unpaired) electrons. The van der Waals surface area contributed by atoms with Gasteiger partial charge in [0.05, 0.1) is 0 Å². The van der Waals surface area contributed by atoms with Crippen LogP contribution < -0.4 is 17.0 Å². The number of fused-ring (bicyclic) bond motifs is 1. The molecular weight excluding hydrogens is 406 g/mol. The first-order valence-corrected chi connectivity index (χ1v) is 10.8. The Hall–Kier alpha value is -2.68. The molecule has 1 aliphatic carbocycles. The van der Waals surface area contributed by atoms with Crippen LogP contribution in [0.3, 0.4) is 0 Å². The van der Waals surface area contributed by atoms with E-state index < -0.39 is 29.6 Å². The molecule has 0 amide bonds. The summed E-state index contributed by atoms with van der Waals surface area (Å²) in [5.74, 6) is -0.859. The third-order valence-electron chi connectivity index (χ3n) is 5.27. The van der Waals surface area contributed by atoms with Crippen molar-refractivity contribution in [1.29, 1.82) is 0 Å². The lowest BCUT2D eigenvalue weighted by molar-refractivity contribution is 0.0479. The Bertz CT molecular complexity index is 1110. The third kappa shape index (κ3) is 4.26. The van der Waals surface area contributed by atoms with Crippen LogP contribution in [0.4, 0.5) is 5.82 Å². The Balaban J connectivity index is 1.80. The quantitative estimate of drug-likeness (QED) is 0.551. The number of nitrogen functional groups attached to an aromatic ring is 1. The number of ether oxygens (including phenoxy) is 1. The molecule has 0 aliphatic heterocycles. The van der Waals surface area contributed by atoms with Gasteiger partial charge in [0.1, 0.15) is 16.3 Å². The molecule has 0 spiro atoms. The van der Waals surface area contributed by atoms with Crippen LogP contribution in [0.2, 0.25) is 0 Å². The van der Waals surface area contributed by atoms with Crippen molar-refractivity contribution in [1.82, 2.24) is 9.13 Å². The van der Waals surface area contributed by atoms with Crippen LogP contribution in [0.25, 0.3) is 0 Å². The molecule has 3 rings (SSSR count). The highest BCUT2D eigenvalue weighted by Crippen LogP contribution is 2.32. The lowest BCUT2D eigenvalue weighted by Gasteiger charge is -2.16. The van der Waals surface area contributed by atoms with Gasteiger partial charge in [0.15, 0.2) is 6.61 Å². The SMILES string of the molecule is CC(C)Cn1c(N)c(C(=O)COC(=O)c2cc3c(s2)CC[C@@H](C)C3)c(=O)n(C)c1=O. The van der Waals surface area contributed by atoms with Gasteiger partial charge in [-0.1, -0.05) is 20.8 Å². The van der Waals surface area contributed by atoms with Crippen LogP contribution in [0.5, 0.6) is 0 Å². The van der Waals surface area contributed by atoms with E-state index in [1.165, 1.54) is 27.8 Å². The summed E-state index contributed by atoms with van der Waals surface area (Å²) in [5.41, 5.74) is 5.45. The number of carbonyl (C=O) groups excluding carboxylic acids is 2. The minimum atomic E-state index is -0.792. The standard InChI is InChI=1S/C21H27N3O5S/c1-11(2)9-24-18(22)17(19(26)23(4)21(24)28)14(25)10-29-20(27)16-8-13-7-12(3)5-6-15(13)30-16/h8,11-12H,5-7,9-10,22H2,1-4H3/t12-/m1/s1. The van der Waals surface area contributed by atoms with Crippen LogP contribution in [-0.2, 0) is 31.2 Å². The van der Waals surface area contributed by atoms with Crippen LogP contribution in [-0.4, -0.2) is 27.5 Å². The zero-order valence-corrected chi connectivity index (χ0v) is 18.5. The molecule has 0 fully saturated rings. The third-order valence-corrected chi connectivity index (χ3v) is 6.49. The largest absolute Gasteiger partial charge is 0.453 e. The van der Waals surface area contributed by atoms with E-state index in [9.17, 15) is 19.2 Å². The maximum atomic E-state index is 12.7. The number of nitrogens with two attached hydrogens (primary N) is 1. The molecule has 2 N–H and O–H groups in total. The molecule has 0 aromatic carbocycles. The van der Waals surface area contributed by atoms with Gasteiger partial charge < -0.3 is 10.5 Å². The van der Waals surface area contributed by atoms with Gasteiger partial charge in [-0.05, 0) is 42.7 Å². The molecule has 1 atom stereocenters. The van der Waals surface area contributed by atoms with Gasteiger partial charge in [0.2, 0.25) is 5.78 Å². The maximum Gasteiger partial charge on any atom is 0.348 e. The van der Waals surface area contributed by atoms with Crippen LogP contribution in [0.1, 0.15) is 57.7 Å². The molecule has 162 valence electrons. The van der Waals surface area contributed by atoms with Gasteiger partial charge in [-0.25, -0.2) is 9.59 Å². The zero-order chi connectivity index (χ0) is 22.2. The van der Waals surface area contributed by atoms with Crippen LogP contribution in [0, 0.1) is 11.8 Å². The topological polar surface area (TPSA) is 113 Å². The molecule has 9 heteroatoms. The van der Waals surface area contributed by atoms with Crippen molar-refractivity contribution in [2.45, 2.75) is 46.6 Å². The number of hydrogen-bond acceptors (Lipinski definition) is 7. The summed E-state index contributed by atoms with van der Waals surface area (Å²) in [4.78, 5) is 51.6. The molecule has 30 heavy (non-hydrogen) atoms. The zero-order valence-electron chi connectivity index (χ0n) is 17.7. The summed E-state index contributed by atoms with van der Waals surface area (Å²) in [6, 6.07) is 1.83. The van der Waals surface area contributed by atoms with Crippen molar-refractivity contribution in [3.63, 3.8) is 0 Å². The number of rotatable bonds is 6. The van der Waals surface area contributed by atoms with Gasteiger partial charge in [-0.15, -0.1) is 11.3 Å². The van der Waals surface area contributed by atoms with Gasteiger partial charge in [0.25, 0.3) is 5.56 Å². The number of aromatic nitrogens is 2. The number of hydrogen-bond donors (Lipinski definition) is 1. The number of Topliss-reactive ketones (excluding diaryl/α,β-unsaturated/α-hetero) is 1. The number of anilines is 1. The average molecular weight is 434 g/mol. The Morgan fingerprint density at radius 3 is 2.70 bits per heavy atom. The van der Waals surface area contributed by atoms with E-state index in [-0.39, 0.29) is 23.8 Å². The molecule has 0 saturated carbocycles. The average Bonchev–Trinajstić information content (AvgIpc) is 3.11. The second-order valence-corrected chi connectivity index (χ2v) is 9.45. The van der Waals surface area contributed by atoms with E-state index in [0.717, 1.165) is 29.4 Å². The van der Waals surface area contributed by atoms with Crippen molar-refractivity contribution in [3.8, 4) is 0 Å². The highest BCUT2D eigenvalue weighted by Gasteiger charge is 2.25.